The Labute approximate surface area is 173 Å². The molecule has 168 valence electrons. The van der Waals surface area contributed by atoms with Gasteiger partial charge in [0.05, 0.1) is 6.61 Å². The Morgan fingerprint density at radius 1 is 1.00 bits per heavy atom. The van der Waals surface area contributed by atoms with Crippen molar-refractivity contribution in [3.63, 3.8) is 0 Å². The molecule has 0 bridgehead atoms. The molecule has 0 aromatic heterocycles. The Kier molecular flexibility index (Phi) is 6.86. The van der Waals surface area contributed by atoms with Crippen molar-refractivity contribution in [2.45, 2.75) is 25.8 Å². The molecule has 1 fully saturated rings. The lowest BCUT2D eigenvalue weighted by Gasteiger charge is -2.23. The fraction of sp³-hybridized carbons (Fsp3) is 0.316. The Morgan fingerprint density at radius 2 is 1.55 bits per heavy atom. The third-order valence-corrected chi connectivity index (χ3v) is 5.79. The van der Waals surface area contributed by atoms with Gasteiger partial charge in [-0.2, -0.15) is 13.9 Å². The number of para-hydroxylation sites is 1. The molecule has 0 spiro atoms. The summed E-state index contributed by atoms with van der Waals surface area (Å²) in [6.45, 7) is 1.34. The number of carbonyl (C=O) groups is 1. The number of nitrogens with one attached hydrogen (secondary N) is 1. The van der Waals surface area contributed by atoms with Gasteiger partial charge in [0, 0.05) is 0 Å². The quantitative estimate of drug-likeness (QED) is 0.187. The molecule has 0 saturated heterocycles. The molecule has 1 aliphatic rings. The molecule has 3 rings (SSSR count). The summed E-state index contributed by atoms with van der Waals surface area (Å²) in [4.78, 5) is 12.1. The first kappa shape index (κ1) is 23.0. The van der Waals surface area contributed by atoms with Crippen LogP contribution in [0.2, 0.25) is 0 Å². The van der Waals surface area contributed by atoms with E-state index in [1.807, 2.05) is 0 Å². The standard InChI is InChI=1S/C19H17F5NO5P/c1-10(19(26)28-9-11-7-8-11)25-31(27,29-12-5-3-2-4-6-12)30-18-16(23)14(21)13(20)15(22)17(18)24/h2-6,10-11H,7-9H2,1H3,(H,25,27)/t10-,31?/m0/s1. The van der Waals surface area contributed by atoms with Crippen LogP contribution in [0, 0.1) is 35.0 Å². The van der Waals surface area contributed by atoms with E-state index in [1.165, 1.54) is 31.2 Å². The van der Waals surface area contributed by atoms with Gasteiger partial charge < -0.3 is 13.8 Å². The molecule has 6 nitrogen and oxygen atoms in total. The summed E-state index contributed by atoms with van der Waals surface area (Å²) in [5.41, 5.74) is 0. The minimum atomic E-state index is -4.90. The number of ether oxygens (including phenoxy) is 1. The normalized spacial score (nSPS) is 16.3. The second-order valence-corrected chi connectivity index (χ2v) is 8.43. The van der Waals surface area contributed by atoms with Crippen molar-refractivity contribution in [1.82, 2.24) is 5.09 Å². The number of carbonyl (C=O) groups excluding carboxylic acids is 1. The van der Waals surface area contributed by atoms with E-state index in [-0.39, 0.29) is 18.3 Å². The molecular weight excluding hydrogens is 448 g/mol. The maximum Gasteiger partial charge on any atom is 0.513 e. The van der Waals surface area contributed by atoms with E-state index in [1.54, 1.807) is 6.07 Å². The van der Waals surface area contributed by atoms with E-state index >= 15 is 0 Å². The molecule has 31 heavy (non-hydrogen) atoms. The zero-order chi connectivity index (χ0) is 22.8. The summed E-state index contributed by atoms with van der Waals surface area (Å²) in [5.74, 6) is -14.3. The van der Waals surface area contributed by atoms with Crippen LogP contribution in [0.3, 0.4) is 0 Å². The molecule has 0 aliphatic heterocycles. The minimum absolute atomic E-state index is 0.124. The van der Waals surface area contributed by atoms with Gasteiger partial charge in [0.1, 0.15) is 11.8 Å². The average Bonchev–Trinajstić information content (AvgIpc) is 3.57. The van der Waals surface area contributed by atoms with Crippen LogP contribution >= 0.6 is 7.75 Å². The van der Waals surface area contributed by atoms with Crippen molar-refractivity contribution in [2.75, 3.05) is 6.61 Å². The zero-order valence-corrected chi connectivity index (χ0v) is 16.9. The van der Waals surface area contributed by atoms with E-state index in [9.17, 15) is 31.3 Å². The highest BCUT2D eigenvalue weighted by atomic mass is 31.2. The summed E-state index contributed by atoms with van der Waals surface area (Å²) in [6.07, 6.45) is 1.79. The molecule has 1 unspecified atom stereocenters. The van der Waals surface area contributed by atoms with E-state index in [0.717, 1.165) is 12.8 Å². The summed E-state index contributed by atoms with van der Waals surface area (Å²) in [7, 11) is -4.90. The average molecular weight is 465 g/mol. The van der Waals surface area contributed by atoms with E-state index in [4.69, 9.17) is 9.26 Å². The lowest BCUT2D eigenvalue weighted by atomic mass is 10.3. The maximum absolute atomic E-state index is 14.0. The van der Waals surface area contributed by atoms with Crippen molar-refractivity contribution in [2.24, 2.45) is 5.92 Å². The highest BCUT2D eigenvalue weighted by Gasteiger charge is 2.38. The van der Waals surface area contributed by atoms with Crippen LogP contribution in [-0.2, 0) is 14.1 Å². The summed E-state index contributed by atoms with van der Waals surface area (Å²) in [6, 6.07) is 5.73. The number of halogens is 5. The van der Waals surface area contributed by atoms with Gasteiger partial charge in [-0.1, -0.05) is 18.2 Å². The molecule has 1 N–H and O–H groups in total. The van der Waals surface area contributed by atoms with Crippen LogP contribution in [-0.4, -0.2) is 18.6 Å². The predicted octanol–water partition coefficient (Wildman–Crippen LogP) is 4.88. The highest BCUT2D eigenvalue weighted by Crippen LogP contribution is 2.47. The predicted molar refractivity (Wildman–Crippen MR) is 97.8 cm³/mol. The van der Waals surface area contributed by atoms with E-state index in [2.05, 4.69) is 9.61 Å². The van der Waals surface area contributed by atoms with Crippen molar-refractivity contribution in [3.8, 4) is 11.5 Å². The Morgan fingerprint density at radius 3 is 2.10 bits per heavy atom. The molecule has 2 aromatic carbocycles. The number of rotatable bonds is 9. The SMILES string of the molecule is C[C@H](NP(=O)(Oc1ccccc1)Oc1c(F)c(F)c(F)c(F)c1F)C(=O)OCC1CC1. The van der Waals surface area contributed by atoms with Crippen LogP contribution in [0.1, 0.15) is 19.8 Å². The molecule has 2 aromatic rings. The number of benzene rings is 2. The zero-order valence-electron chi connectivity index (χ0n) is 16.0. The van der Waals surface area contributed by atoms with Gasteiger partial charge in [0.15, 0.2) is 0 Å². The van der Waals surface area contributed by atoms with Gasteiger partial charge in [-0.25, -0.2) is 17.7 Å². The van der Waals surface area contributed by atoms with Gasteiger partial charge in [0.25, 0.3) is 0 Å². The van der Waals surface area contributed by atoms with Gasteiger partial charge >= 0.3 is 13.7 Å². The molecule has 0 amide bonds. The van der Waals surface area contributed by atoms with E-state index < -0.39 is 54.6 Å². The van der Waals surface area contributed by atoms with Crippen LogP contribution in [0.5, 0.6) is 11.5 Å². The van der Waals surface area contributed by atoms with Gasteiger partial charge in [0.2, 0.25) is 34.8 Å². The largest absolute Gasteiger partial charge is 0.513 e. The monoisotopic (exact) mass is 465 g/mol. The number of hydrogen-bond donors (Lipinski definition) is 1. The molecule has 1 aliphatic carbocycles. The fourth-order valence-corrected chi connectivity index (χ4v) is 3.90. The second kappa shape index (κ2) is 9.23. The fourth-order valence-electron chi connectivity index (χ4n) is 2.38. The smallest absolute Gasteiger partial charge is 0.464 e. The highest BCUT2D eigenvalue weighted by molar-refractivity contribution is 7.52. The van der Waals surface area contributed by atoms with Gasteiger partial charge in [-0.15, -0.1) is 0 Å². The van der Waals surface area contributed by atoms with Gasteiger partial charge in [-0.3, -0.25) is 4.79 Å². The Hall–Kier alpha value is -2.65. The molecule has 2 atom stereocenters. The topological polar surface area (TPSA) is 73.9 Å². The summed E-state index contributed by atoms with van der Waals surface area (Å²) in [5, 5.41) is 2.11. The first-order valence-corrected chi connectivity index (χ1v) is 10.7. The molecule has 0 radical (unpaired) electrons. The van der Waals surface area contributed by atoms with E-state index in [0.29, 0.717) is 0 Å². The third-order valence-electron chi connectivity index (χ3n) is 4.21. The van der Waals surface area contributed by atoms with Gasteiger partial charge in [-0.05, 0) is 37.8 Å². The first-order valence-electron chi connectivity index (χ1n) is 9.11. The first-order chi connectivity index (χ1) is 14.6. The maximum atomic E-state index is 14.0. The molecule has 0 heterocycles. The van der Waals surface area contributed by atoms with Crippen molar-refractivity contribution >= 4 is 13.7 Å². The third kappa shape index (κ3) is 5.54. The van der Waals surface area contributed by atoms with Crippen molar-refractivity contribution in [1.29, 1.82) is 0 Å². The summed E-state index contributed by atoms with van der Waals surface area (Å²) < 4.78 is 96.4. The molecule has 12 heteroatoms. The molecular formula is C19H17F5NO5P. The lowest BCUT2D eigenvalue weighted by Crippen LogP contribution is -2.36. The van der Waals surface area contributed by atoms with Crippen molar-refractivity contribution < 1.29 is 45.1 Å². The Balaban J connectivity index is 1.89. The van der Waals surface area contributed by atoms with Crippen LogP contribution in [0.4, 0.5) is 22.0 Å². The second-order valence-electron chi connectivity index (χ2n) is 6.82. The summed E-state index contributed by atoms with van der Waals surface area (Å²) >= 11 is 0. The lowest BCUT2D eigenvalue weighted by molar-refractivity contribution is -0.145. The number of esters is 1. The van der Waals surface area contributed by atoms with Crippen LogP contribution in [0.25, 0.3) is 0 Å². The minimum Gasteiger partial charge on any atom is -0.464 e. The van der Waals surface area contributed by atoms with Crippen LogP contribution in [0.15, 0.2) is 30.3 Å². The molecule has 1 saturated carbocycles. The Bertz CT molecular complexity index is 989. The van der Waals surface area contributed by atoms with Crippen molar-refractivity contribution in [3.05, 3.63) is 59.4 Å². The number of hydrogen-bond acceptors (Lipinski definition) is 5. The van der Waals surface area contributed by atoms with Crippen LogP contribution < -0.4 is 14.1 Å².